The van der Waals surface area contributed by atoms with Crippen molar-refractivity contribution in [2.45, 2.75) is 13.5 Å². The van der Waals surface area contributed by atoms with Gasteiger partial charge in [-0.2, -0.15) is 0 Å². The van der Waals surface area contributed by atoms with Crippen molar-refractivity contribution in [3.63, 3.8) is 0 Å². The molecular weight excluding hydrogens is 322 g/mol. The van der Waals surface area contributed by atoms with Crippen molar-refractivity contribution in [1.82, 2.24) is 4.57 Å². The lowest BCUT2D eigenvalue weighted by Crippen LogP contribution is -1.98. The zero-order valence-electron chi connectivity index (χ0n) is 10.8. The minimum absolute atomic E-state index is 0.0169. The summed E-state index contributed by atoms with van der Waals surface area (Å²) in [5.41, 5.74) is 1.98. The summed E-state index contributed by atoms with van der Waals surface area (Å²) < 4.78 is 8.35. The third-order valence-electron chi connectivity index (χ3n) is 3.31. The van der Waals surface area contributed by atoms with E-state index in [2.05, 4.69) is 26.6 Å². The summed E-state index contributed by atoms with van der Waals surface area (Å²) in [4.78, 5) is 10.9. The lowest BCUT2D eigenvalue weighted by Gasteiger charge is -2.04. The molecule has 4 nitrogen and oxygen atoms in total. The molecule has 0 saturated heterocycles. The smallest absolute Gasteiger partial charge is 0.371 e. The second-order valence-electron chi connectivity index (χ2n) is 4.64. The minimum Gasteiger partial charge on any atom is -0.475 e. The molecule has 0 aliphatic carbocycles. The van der Waals surface area contributed by atoms with E-state index in [4.69, 9.17) is 9.52 Å². The van der Waals surface area contributed by atoms with Crippen LogP contribution in [0.25, 0.3) is 10.9 Å². The SMILES string of the molecule is Cc1oc(C(=O)O)cc1Cn1ccc2cc(Br)ccc21. The summed E-state index contributed by atoms with van der Waals surface area (Å²) in [6.07, 6.45) is 1.99. The first kappa shape index (κ1) is 13.0. The van der Waals surface area contributed by atoms with Crippen LogP contribution in [0.1, 0.15) is 21.9 Å². The van der Waals surface area contributed by atoms with Gasteiger partial charge in [-0.3, -0.25) is 0 Å². The van der Waals surface area contributed by atoms with Gasteiger partial charge in [-0.15, -0.1) is 0 Å². The Morgan fingerprint density at radius 1 is 1.35 bits per heavy atom. The molecule has 0 bridgehead atoms. The fourth-order valence-corrected chi connectivity index (χ4v) is 2.65. The number of carboxylic acid groups (broad SMARTS) is 1. The maximum atomic E-state index is 10.9. The van der Waals surface area contributed by atoms with Crippen molar-refractivity contribution in [3.8, 4) is 0 Å². The minimum atomic E-state index is -1.04. The number of aromatic carboxylic acids is 1. The van der Waals surface area contributed by atoms with E-state index in [-0.39, 0.29) is 5.76 Å². The number of aromatic nitrogens is 1. The maximum absolute atomic E-state index is 10.9. The molecule has 0 amide bonds. The molecule has 5 heteroatoms. The second kappa shape index (κ2) is 4.83. The largest absolute Gasteiger partial charge is 0.475 e. The van der Waals surface area contributed by atoms with E-state index in [0.29, 0.717) is 12.3 Å². The maximum Gasteiger partial charge on any atom is 0.371 e. The van der Waals surface area contributed by atoms with Gasteiger partial charge in [0.2, 0.25) is 5.76 Å². The van der Waals surface area contributed by atoms with E-state index in [0.717, 1.165) is 20.9 Å². The monoisotopic (exact) mass is 333 g/mol. The Morgan fingerprint density at radius 2 is 2.15 bits per heavy atom. The van der Waals surface area contributed by atoms with Gasteiger partial charge in [0.25, 0.3) is 0 Å². The Morgan fingerprint density at radius 3 is 2.85 bits per heavy atom. The number of halogens is 1. The molecule has 2 heterocycles. The number of hydrogen-bond donors (Lipinski definition) is 1. The van der Waals surface area contributed by atoms with E-state index in [1.54, 1.807) is 13.0 Å². The number of aryl methyl sites for hydroxylation is 1. The van der Waals surface area contributed by atoms with Gasteiger partial charge < -0.3 is 14.1 Å². The van der Waals surface area contributed by atoms with Crippen LogP contribution in [0.5, 0.6) is 0 Å². The second-order valence-corrected chi connectivity index (χ2v) is 5.56. The number of benzene rings is 1. The number of carboxylic acids is 1. The summed E-state index contributed by atoms with van der Waals surface area (Å²) in [7, 11) is 0. The van der Waals surface area contributed by atoms with Crippen molar-refractivity contribution < 1.29 is 14.3 Å². The predicted octanol–water partition coefficient (Wildman–Crippen LogP) is 4.05. The number of carbonyl (C=O) groups is 1. The van der Waals surface area contributed by atoms with Gasteiger partial charge in [0.05, 0.1) is 6.54 Å². The van der Waals surface area contributed by atoms with Gasteiger partial charge in [-0.25, -0.2) is 4.79 Å². The fourth-order valence-electron chi connectivity index (χ4n) is 2.27. The molecule has 0 saturated carbocycles. The standard InChI is InChI=1S/C15H12BrNO3/c1-9-11(7-14(20-9)15(18)19)8-17-5-4-10-6-12(16)2-3-13(10)17/h2-7H,8H2,1H3,(H,18,19). The third kappa shape index (κ3) is 2.25. The van der Waals surface area contributed by atoms with Crippen LogP contribution in [-0.4, -0.2) is 15.6 Å². The Bertz CT molecular complexity index is 801. The van der Waals surface area contributed by atoms with Crippen molar-refractivity contribution in [2.75, 3.05) is 0 Å². The third-order valence-corrected chi connectivity index (χ3v) is 3.80. The number of furan rings is 1. The highest BCUT2D eigenvalue weighted by molar-refractivity contribution is 9.10. The summed E-state index contributed by atoms with van der Waals surface area (Å²) in [5.74, 6) is -0.418. The van der Waals surface area contributed by atoms with Gasteiger partial charge in [0.15, 0.2) is 0 Å². The van der Waals surface area contributed by atoms with Gasteiger partial charge in [-0.1, -0.05) is 15.9 Å². The van der Waals surface area contributed by atoms with Crippen LogP contribution < -0.4 is 0 Å². The van der Waals surface area contributed by atoms with Gasteiger partial charge in [0.1, 0.15) is 5.76 Å². The van der Waals surface area contributed by atoms with Crippen LogP contribution in [0.2, 0.25) is 0 Å². The zero-order chi connectivity index (χ0) is 14.3. The molecule has 0 fully saturated rings. The van der Waals surface area contributed by atoms with E-state index >= 15 is 0 Å². The van der Waals surface area contributed by atoms with Gasteiger partial charge in [0, 0.05) is 27.1 Å². The number of hydrogen-bond acceptors (Lipinski definition) is 2. The molecule has 0 atom stereocenters. The van der Waals surface area contributed by atoms with E-state index in [1.807, 2.05) is 24.4 Å². The molecule has 0 aliphatic rings. The Hall–Kier alpha value is -2.01. The Kier molecular flexibility index (Phi) is 3.14. The molecule has 0 spiro atoms. The summed E-state index contributed by atoms with van der Waals surface area (Å²) in [5, 5.41) is 10.1. The normalized spacial score (nSPS) is 11.1. The van der Waals surface area contributed by atoms with E-state index < -0.39 is 5.97 Å². The number of nitrogens with zero attached hydrogens (tertiary/aromatic N) is 1. The first-order valence-corrected chi connectivity index (χ1v) is 6.91. The Balaban J connectivity index is 1.99. The first-order chi connectivity index (χ1) is 9.54. The molecule has 102 valence electrons. The predicted molar refractivity (Wildman–Crippen MR) is 79.1 cm³/mol. The van der Waals surface area contributed by atoms with Gasteiger partial charge >= 0.3 is 5.97 Å². The molecule has 2 aromatic heterocycles. The van der Waals surface area contributed by atoms with Gasteiger partial charge in [-0.05, 0) is 37.3 Å². The number of fused-ring (bicyclic) bond motifs is 1. The summed E-state index contributed by atoms with van der Waals surface area (Å²) in [6, 6.07) is 9.70. The lowest BCUT2D eigenvalue weighted by molar-refractivity contribution is 0.0661. The zero-order valence-corrected chi connectivity index (χ0v) is 12.3. The van der Waals surface area contributed by atoms with E-state index in [9.17, 15) is 4.79 Å². The topological polar surface area (TPSA) is 55.4 Å². The number of rotatable bonds is 3. The van der Waals surface area contributed by atoms with Crippen LogP contribution in [-0.2, 0) is 6.54 Å². The molecule has 20 heavy (non-hydrogen) atoms. The quantitative estimate of drug-likeness (QED) is 0.786. The van der Waals surface area contributed by atoms with Crippen molar-refractivity contribution in [2.24, 2.45) is 0 Å². The highest BCUT2D eigenvalue weighted by Gasteiger charge is 2.14. The van der Waals surface area contributed by atoms with Crippen LogP contribution >= 0.6 is 15.9 Å². The van der Waals surface area contributed by atoms with Crippen molar-refractivity contribution >= 4 is 32.8 Å². The van der Waals surface area contributed by atoms with Crippen LogP contribution in [0.3, 0.4) is 0 Å². The Labute approximate surface area is 123 Å². The average Bonchev–Trinajstić information content (AvgIpc) is 2.95. The molecule has 1 N–H and O–H groups in total. The molecule has 1 aromatic carbocycles. The molecule has 0 aliphatic heterocycles. The average molecular weight is 334 g/mol. The summed E-state index contributed by atoms with van der Waals surface area (Å²) >= 11 is 3.45. The van der Waals surface area contributed by atoms with Crippen molar-refractivity contribution in [1.29, 1.82) is 0 Å². The highest BCUT2D eigenvalue weighted by Crippen LogP contribution is 2.23. The molecular formula is C15H12BrNO3. The van der Waals surface area contributed by atoms with Crippen LogP contribution in [0, 0.1) is 6.92 Å². The van der Waals surface area contributed by atoms with E-state index in [1.165, 1.54) is 0 Å². The first-order valence-electron chi connectivity index (χ1n) is 6.11. The molecule has 3 aromatic rings. The fraction of sp³-hybridized carbons (Fsp3) is 0.133. The van der Waals surface area contributed by atoms with Crippen LogP contribution in [0.4, 0.5) is 0 Å². The molecule has 3 rings (SSSR count). The van der Waals surface area contributed by atoms with Crippen LogP contribution in [0.15, 0.2) is 45.4 Å². The summed E-state index contributed by atoms with van der Waals surface area (Å²) in [6.45, 7) is 2.37. The molecule has 0 unspecified atom stereocenters. The highest BCUT2D eigenvalue weighted by atomic mass is 79.9. The molecule has 0 radical (unpaired) electrons. The van der Waals surface area contributed by atoms with Crippen molar-refractivity contribution in [3.05, 3.63) is 58.1 Å². The lowest BCUT2D eigenvalue weighted by atomic mass is 10.2.